The molecule has 1 aliphatic rings. The van der Waals surface area contributed by atoms with Crippen molar-refractivity contribution in [3.05, 3.63) is 24.3 Å². The molecule has 2 amide bonds. The largest absolute Gasteiger partial charge is 0.444 e. The highest BCUT2D eigenvalue weighted by Gasteiger charge is 2.21. The first-order valence-electron chi connectivity index (χ1n) is 9.31. The topological polar surface area (TPSA) is 70.7 Å². The predicted octanol–water partition coefficient (Wildman–Crippen LogP) is 4.09. The van der Waals surface area contributed by atoms with Crippen LogP contribution >= 0.6 is 0 Å². The first-order valence-corrected chi connectivity index (χ1v) is 9.31. The summed E-state index contributed by atoms with van der Waals surface area (Å²) in [5, 5.41) is 6.25. The lowest BCUT2D eigenvalue weighted by Gasteiger charge is -2.24. The summed E-state index contributed by atoms with van der Waals surface area (Å²) in [6, 6.07) is 7.65. The quantitative estimate of drug-likeness (QED) is 0.800. The smallest absolute Gasteiger partial charge is 0.410 e. The van der Waals surface area contributed by atoms with E-state index in [1.54, 1.807) is 27.8 Å². The Bertz CT molecular complexity index is 602. The van der Waals surface area contributed by atoms with Crippen molar-refractivity contribution in [2.45, 2.75) is 52.1 Å². The van der Waals surface area contributed by atoms with Gasteiger partial charge in [0.2, 0.25) is 5.91 Å². The summed E-state index contributed by atoms with van der Waals surface area (Å²) in [4.78, 5) is 25.3. The molecule has 0 heterocycles. The van der Waals surface area contributed by atoms with Crippen LogP contribution in [0.2, 0.25) is 0 Å². The molecular formula is C20H31N3O3. The van der Waals surface area contributed by atoms with Gasteiger partial charge in [-0.2, -0.15) is 0 Å². The van der Waals surface area contributed by atoms with Gasteiger partial charge in [0, 0.05) is 25.0 Å². The summed E-state index contributed by atoms with van der Waals surface area (Å²) in [6.07, 6.45) is 4.79. The van der Waals surface area contributed by atoms with Gasteiger partial charge in [0.1, 0.15) is 12.1 Å². The van der Waals surface area contributed by atoms with Crippen LogP contribution < -0.4 is 10.6 Å². The van der Waals surface area contributed by atoms with E-state index in [1.807, 2.05) is 24.3 Å². The summed E-state index contributed by atoms with van der Waals surface area (Å²) in [7, 11) is 1.55. The van der Waals surface area contributed by atoms with Gasteiger partial charge in [-0.1, -0.05) is 12.8 Å². The number of carbonyl (C=O) groups excluding carboxylic acids is 2. The Morgan fingerprint density at radius 3 is 2.27 bits per heavy atom. The molecular weight excluding hydrogens is 330 g/mol. The fourth-order valence-electron chi connectivity index (χ4n) is 2.97. The monoisotopic (exact) mass is 361 g/mol. The van der Waals surface area contributed by atoms with Gasteiger partial charge in [-0.25, -0.2) is 4.79 Å². The minimum atomic E-state index is -0.580. The van der Waals surface area contributed by atoms with Crippen LogP contribution in [0.5, 0.6) is 0 Å². The molecule has 0 atom stereocenters. The Hall–Kier alpha value is -2.24. The van der Waals surface area contributed by atoms with Gasteiger partial charge in [0.15, 0.2) is 0 Å². The van der Waals surface area contributed by atoms with Crippen LogP contribution in [0.15, 0.2) is 24.3 Å². The Kier molecular flexibility index (Phi) is 6.89. The van der Waals surface area contributed by atoms with Gasteiger partial charge in [0.05, 0.1) is 0 Å². The third-order valence-corrected chi connectivity index (χ3v) is 4.32. The van der Waals surface area contributed by atoms with Crippen molar-refractivity contribution in [2.24, 2.45) is 5.92 Å². The first-order chi connectivity index (χ1) is 12.2. The van der Waals surface area contributed by atoms with Crippen LogP contribution in [0, 0.1) is 5.92 Å². The number of rotatable bonds is 6. The molecule has 0 bridgehead atoms. The fraction of sp³-hybridized carbons (Fsp3) is 0.600. The molecule has 0 aliphatic heterocycles. The molecule has 0 aromatic heterocycles. The zero-order chi connectivity index (χ0) is 19.2. The highest BCUT2D eigenvalue weighted by Crippen LogP contribution is 2.25. The summed E-state index contributed by atoms with van der Waals surface area (Å²) < 4.78 is 5.23. The molecule has 26 heavy (non-hydrogen) atoms. The van der Waals surface area contributed by atoms with E-state index in [0.717, 1.165) is 18.2 Å². The molecule has 1 aromatic carbocycles. The molecule has 144 valence electrons. The van der Waals surface area contributed by atoms with Crippen LogP contribution in [-0.4, -0.2) is 42.6 Å². The highest BCUT2D eigenvalue weighted by atomic mass is 16.6. The second-order valence-electron chi connectivity index (χ2n) is 7.99. The van der Waals surface area contributed by atoms with E-state index in [1.165, 1.54) is 30.6 Å². The second kappa shape index (κ2) is 8.92. The fourth-order valence-corrected chi connectivity index (χ4v) is 2.97. The SMILES string of the molecule is CN(CC(=O)Nc1ccc(NCC2CCCC2)cc1)C(=O)OC(C)(C)C. The van der Waals surface area contributed by atoms with E-state index < -0.39 is 11.7 Å². The summed E-state index contributed by atoms with van der Waals surface area (Å²) in [6.45, 7) is 6.33. The number of benzene rings is 1. The maximum absolute atomic E-state index is 12.1. The number of hydrogen-bond donors (Lipinski definition) is 2. The van der Waals surface area contributed by atoms with Gasteiger partial charge < -0.3 is 20.3 Å². The van der Waals surface area contributed by atoms with Gasteiger partial charge in [-0.15, -0.1) is 0 Å². The van der Waals surface area contributed by atoms with Gasteiger partial charge in [-0.3, -0.25) is 4.79 Å². The molecule has 1 fully saturated rings. The number of anilines is 2. The van der Waals surface area contributed by atoms with Crippen LogP contribution in [0.25, 0.3) is 0 Å². The molecule has 6 heteroatoms. The highest BCUT2D eigenvalue weighted by molar-refractivity contribution is 5.93. The van der Waals surface area contributed by atoms with Crippen molar-refractivity contribution in [3.8, 4) is 0 Å². The van der Waals surface area contributed by atoms with Crippen molar-refractivity contribution in [3.63, 3.8) is 0 Å². The van der Waals surface area contributed by atoms with Crippen LogP contribution in [0.3, 0.4) is 0 Å². The number of hydrogen-bond acceptors (Lipinski definition) is 4. The third kappa shape index (κ3) is 6.94. The molecule has 0 radical (unpaired) electrons. The molecule has 0 unspecified atom stereocenters. The van der Waals surface area contributed by atoms with E-state index in [9.17, 15) is 9.59 Å². The number of ether oxygens (including phenoxy) is 1. The Morgan fingerprint density at radius 1 is 1.12 bits per heavy atom. The molecule has 0 saturated heterocycles. The number of carbonyl (C=O) groups is 2. The zero-order valence-electron chi connectivity index (χ0n) is 16.3. The van der Waals surface area contributed by atoms with E-state index >= 15 is 0 Å². The zero-order valence-corrected chi connectivity index (χ0v) is 16.3. The Morgan fingerprint density at radius 2 is 1.69 bits per heavy atom. The van der Waals surface area contributed by atoms with Crippen LogP contribution in [0.1, 0.15) is 46.5 Å². The standard InChI is InChI=1S/C20H31N3O3/c1-20(2,3)26-19(25)23(4)14-18(24)22-17-11-9-16(10-12-17)21-13-15-7-5-6-8-15/h9-12,15,21H,5-8,13-14H2,1-4H3,(H,22,24). The van der Waals surface area contributed by atoms with Gasteiger partial charge >= 0.3 is 6.09 Å². The van der Waals surface area contributed by atoms with Gasteiger partial charge in [-0.05, 0) is 63.8 Å². The van der Waals surface area contributed by atoms with Crippen molar-refractivity contribution in [2.75, 3.05) is 30.8 Å². The average Bonchev–Trinajstić information content (AvgIpc) is 3.06. The normalized spacial score (nSPS) is 14.8. The minimum Gasteiger partial charge on any atom is -0.444 e. The van der Waals surface area contributed by atoms with Crippen LogP contribution in [0.4, 0.5) is 16.2 Å². The van der Waals surface area contributed by atoms with Crippen LogP contribution in [-0.2, 0) is 9.53 Å². The lowest BCUT2D eigenvalue weighted by atomic mass is 10.1. The lowest BCUT2D eigenvalue weighted by Crippen LogP contribution is -2.38. The second-order valence-corrected chi connectivity index (χ2v) is 7.99. The van der Waals surface area contributed by atoms with Crippen molar-refractivity contribution >= 4 is 23.4 Å². The Balaban J connectivity index is 1.76. The maximum atomic E-state index is 12.1. The minimum absolute atomic E-state index is 0.0589. The number of likely N-dealkylation sites (N-methyl/N-ethyl adjacent to an activating group) is 1. The third-order valence-electron chi connectivity index (χ3n) is 4.32. The maximum Gasteiger partial charge on any atom is 0.410 e. The molecule has 2 N–H and O–H groups in total. The number of nitrogens with one attached hydrogen (secondary N) is 2. The van der Waals surface area contributed by atoms with Crippen molar-refractivity contribution in [1.82, 2.24) is 4.90 Å². The van der Waals surface area contributed by atoms with Gasteiger partial charge in [0.25, 0.3) is 0 Å². The predicted molar refractivity (Wildman–Crippen MR) is 104 cm³/mol. The summed E-state index contributed by atoms with van der Waals surface area (Å²) >= 11 is 0. The average molecular weight is 361 g/mol. The van der Waals surface area contributed by atoms with E-state index in [0.29, 0.717) is 5.69 Å². The first kappa shape index (κ1) is 20.1. The van der Waals surface area contributed by atoms with Crippen molar-refractivity contribution < 1.29 is 14.3 Å². The van der Waals surface area contributed by atoms with Crippen molar-refractivity contribution in [1.29, 1.82) is 0 Å². The molecule has 6 nitrogen and oxygen atoms in total. The summed E-state index contributed by atoms with van der Waals surface area (Å²) in [5.74, 6) is 0.516. The Labute approximate surface area is 156 Å². The summed E-state index contributed by atoms with van der Waals surface area (Å²) in [5.41, 5.74) is 1.18. The number of amides is 2. The van der Waals surface area contributed by atoms with E-state index in [4.69, 9.17) is 4.74 Å². The molecule has 1 saturated carbocycles. The lowest BCUT2D eigenvalue weighted by molar-refractivity contribution is -0.117. The molecule has 0 spiro atoms. The van der Waals surface area contributed by atoms with E-state index in [-0.39, 0.29) is 12.5 Å². The van der Waals surface area contributed by atoms with E-state index in [2.05, 4.69) is 10.6 Å². The molecule has 1 aliphatic carbocycles. The molecule has 1 aromatic rings. The number of nitrogens with zero attached hydrogens (tertiary/aromatic N) is 1. The molecule has 2 rings (SSSR count).